The Hall–Kier alpha value is 5.07. The summed E-state index contributed by atoms with van der Waals surface area (Å²) in [4.78, 5) is 0. The number of hydrogen-bond donors (Lipinski definition) is 0. The molecule has 0 N–H and O–H groups in total. The van der Waals surface area contributed by atoms with E-state index >= 15 is 0 Å². The van der Waals surface area contributed by atoms with Crippen LogP contribution in [0, 0.1) is 0 Å². The predicted molar refractivity (Wildman–Crippen MR) is 47.2 cm³/mol. The minimum absolute atomic E-state index is 0. The summed E-state index contributed by atoms with van der Waals surface area (Å²) in [6.07, 6.45) is 0. The van der Waals surface area contributed by atoms with Gasteiger partial charge in [0.15, 0.2) is 0 Å². The first-order valence-corrected chi connectivity index (χ1v) is 0. The van der Waals surface area contributed by atoms with Crippen LogP contribution in [0.1, 0.15) is 0 Å². The Morgan fingerprint density at radius 3 is 0.625 bits per heavy atom. The minimum Gasteiger partial charge on any atom is -3.00 e. The Morgan fingerprint density at radius 2 is 0.625 bits per heavy atom. The van der Waals surface area contributed by atoms with Gasteiger partial charge in [-0.2, -0.15) is 0 Å². The molecule has 0 aromatic carbocycles. The van der Waals surface area contributed by atoms with Crippen molar-refractivity contribution in [1.82, 2.24) is 0 Å². The van der Waals surface area contributed by atoms with Crippen molar-refractivity contribution < 1.29 is 0 Å². The Balaban J connectivity index is 0. The SMILES string of the molecule is [Al+3].[Al+3].[As-3].[Ga].[Ga].[In].[In].[P-3]. The largest absolute Gasteiger partial charge is 3.00 e. The van der Waals surface area contributed by atoms with Crippen molar-refractivity contribution in [1.29, 1.82) is 0 Å². The van der Waals surface area contributed by atoms with Crippen LogP contribution in [0.3, 0.4) is 0 Å². The molecule has 0 rings (SSSR count). The molecular weight excluding hydrogens is 529 g/mol. The molecule has 0 aliphatic carbocycles. The molecule has 0 nitrogen and oxygen atoms in total. The molecule has 12 radical (unpaired) electrons. The maximum Gasteiger partial charge on any atom is 3.00 e. The van der Waals surface area contributed by atoms with E-state index in [1.807, 2.05) is 0 Å². The van der Waals surface area contributed by atoms with Crippen molar-refractivity contribution in [3.05, 3.63) is 0 Å². The zero-order chi connectivity index (χ0) is 0. The Kier molecular flexibility index (Phi) is 533. The Bertz CT molecular complexity index is 18.0. The quantitative estimate of drug-likeness (QED) is 0.257. The summed E-state index contributed by atoms with van der Waals surface area (Å²) in [6, 6.07) is 0. The summed E-state index contributed by atoms with van der Waals surface area (Å²) in [7, 11) is 0. The van der Waals surface area contributed by atoms with Gasteiger partial charge in [-0.1, -0.05) is 0 Å². The molecule has 0 aliphatic rings. The van der Waals surface area contributed by atoms with Gasteiger partial charge in [0.1, 0.15) is 0 Å². The first kappa shape index (κ1) is 74.1. The normalized spacial score (nSPS) is 0. The third-order valence-corrected chi connectivity index (χ3v) is 0. The second-order valence-corrected chi connectivity index (χ2v) is 0. The smallest absolute Gasteiger partial charge is 3.00 e. The third-order valence-electron chi connectivity index (χ3n) is 0. The third kappa shape index (κ3) is 43.7. The van der Waals surface area contributed by atoms with Gasteiger partial charge in [-0.25, -0.2) is 0 Å². The summed E-state index contributed by atoms with van der Waals surface area (Å²) < 4.78 is 0. The fourth-order valence-corrected chi connectivity index (χ4v) is 0. The van der Waals surface area contributed by atoms with Gasteiger partial charge in [-0.05, 0) is 0 Å². The van der Waals surface area contributed by atoms with E-state index in [4.69, 9.17) is 0 Å². The molecule has 0 aliphatic heterocycles. The van der Waals surface area contributed by atoms with Gasteiger partial charge in [0.05, 0.1) is 0 Å². The van der Waals surface area contributed by atoms with Gasteiger partial charge in [-0.3, -0.25) is 0 Å². The molecule has 0 atom stereocenters. The van der Waals surface area contributed by atoms with Gasteiger partial charge < -0.3 is 27.9 Å². The van der Waals surface area contributed by atoms with Gasteiger partial charge >= 0.3 is 34.7 Å². The van der Waals surface area contributed by atoms with Crippen LogP contribution < -0.4 is 0 Å². The van der Waals surface area contributed by atoms with Crippen LogP contribution in [0.25, 0.3) is 0 Å². The van der Waals surface area contributed by atoms with Crippen LogP contribution in [0.4, 0.5) is 0 Å². The monoisotopic (exact) mass is 528 g/mol. The molecule has 0 bridgehead atoms. The molecule has 0 amide bonds. The second kappa shape index (κ2) is 57.6. The summed E-state index contributed by atoms with van der Waals surface area (Å²) in [6.45, 7) is 0. The zero-order valence-corrected chi connectivity index (χ0v) is 20.9. The van der Waals surface area contributed by atoms with Crippen LogP contribution in [0.5, 0.6) is 0 Å². The second-order valence-electron chi connectivity index (χ2n) is 0. The molecule has 0 spiro atoms. The molecule has 0 aromatic heterocycles. The fourth-order valence-electron chi connectivity index (χ4n) is 0. The van der Waals surface area contributed by atoms with E-state index in [1.165, 1.54) is 0 Å². The first-order valence-electron chi connectivity index (χ1n) is 0. The molecule has 28 valence electrons. The van der Waals surface area contributed by atoms with E-state index in [0.29, 0.717) is 0 Å². The first-order chi connectivity index (χ1) is 0. The summed E-state index contributed by atoms with van der Waals surface area (Å²) >= 11 is 0. The van der Waals surface area contributed by atoms with E-state index in [0.717, 1.165) is 0 Å². The standard InChI is InChI=1S/2Al.As.2Ga.2In.P/q2*+3;-3;;;;;-3. The van der Waals surface area contributed by atoms with Crippen molar-refractivity contribution in [3.63, 3.8) is 0 Å². The fraction of sp³-hybridized carbons (Fsp3) is 0. The molecule has 8 heteroatoms. The van der Waals surface area contributed by atoms with Crippen molar-refractivity contribution in [2.24, 2.45) is 0 Å². The molecule has 0 unspecified atom stereocenters. The molecule has 0 fully saturated rings. The molecular formula is Al2AsGa2In2P. The molecule has 8 heavy (non-hydrogen) atoms. The van der Waals surface area contributed by atoms with E-state index in [1.54, 1.807) is 0 Å². The van der Waals surface area contributed by atoms with Crippen LogP contribution >= 0.6 is 9.90 Å². The average Bonchev–Trinajstić information content (AvgIpc) is 0. The van der Waals surface area contributed by atoms with Crippen molar-refractivity contribution >= 4 is 154 Å². The molecule has 0 aromatic rings. The van der Waals surface area contributed by atoms with Crippen LogP contribution in [-0.4, -0.2) is 144 Å². The number of rotatable bonds is 0. The Labute approximate surface area is 150 Å². The predicted octanol–water partition coefficient (Wildman–Crippen LogP) is -1.80. The van der Waals surface area contributed by atoms with E-state index in [2.05, 4.69) is 0 Å². The topological polar surface area (TPSA) is 0 Å². The zero-order valence-electron chi connectivity index (χ0n) is 4.36. The molecule has 0 saturated heterocycles. The Morgan fingerprint density at radius 1 is 0.625 bits per heavy atom. The molecule has 0 heterocycles. The van der Waals surface area contributed by atoms with Gasteiger partial charge in [0.2, 0.25) is 0 Å². The summed E-state index contributed by atoms with van der Waals surface area (Å²) in [5, 5.41) is 0. The van der Waals surface area contributed by atoms with E-state index in [9.17, 15) is 0 Å². The van der Waals surface area contributed by atoms with Crippen LogP contribution in [0.2, 0.25) is 0 Å². The van der Waals surface area contributed by atoms with Gasteiger partial charge in [0, 0.05) is 91.3 Å². The molecule has 0 saturated carbocycles. The van der Waals surface area contributed by atoms with Crippen LogP contribution in [-0.2, 0) is 0 Å². The van der Waals surface area contributed by atoms with Crippen molar-refractivity contribution in [3.8, 4) is 0 Å². The summed E-state index contributed by atoms with van der Waals surface area (Å²) in [5.74, 6) is 0. The number of hydrogen-bond acceptors (Lipinski definition) is 0. The minimum atomic E-state index is 0. The van der Waals surface area contributed by atoms with Gasteiger partial charge in [-0.15, -0.1) is 0 Å². The van der Waals surface area contributed by atoms with Crippen molar-refractivity contribution in [2.45, 2.75) is 0 Å². The average molecular weight is 529 g/mol. The van der Waals surface area contributed by atoms with E-state index in [-0.39, 0.29) is 154 Å². The van der Waals surface area contributed by atoms with E-state index < -0.39 is 0 Å². The van der Waals surface area contributed by atoms with Crippen LogP contribution in [0.15, 0.2) is 0 Å². The van der Waals surface area contributed by atoms with Gasteiger partial charge in [0.25, 0.3) is 0 Å². The maximum absolute atomic E-state index is 0. The summed E-state index contributed by atoms with van der Waals surface area (Å²) in [5.41, 5.74) is 0. The maximum atomic E-state index is 0. The van der Waals surface area contributed by atoms with Crippen molar-refractivity contribution in [2.75, 3.05) is 0 Å².